The Labute approximate surface area is 121 Å². The fourth-order valence-electron chi connectivity index (χ4n) is 1.88. The van der Waals surface area contributed by atoms with Gasteiger partial charge in [0.2, 0.25) is 0 Å². The van der Waals surface area contributed by atoms with E-state index in [0.717, 1.165) is 11.8 Å². The lowest BCUT2D eigenvalue weighted by molar-refractivity contribution is 0.0949. The van der Waals surface area contributed by atoms with Crippen molar-refractivity contribution >= 4 is 11.6 Å². The second-order valence-electron chi connectivity index (χ2n) is 4.46. The van der Waals surface area contributed by atoms with Gasteiger partial charge in [-0.15, -0.1) is 0 Å². The molecule has 0 saturated carbocycles. The summed E-state index contributed by atoms with van der Waals surface area (Å²) in [5.74, 6) is -1.58. The summed E-state index contributed by atoms with van der Waals surface area (Å²) in [5, 5.41) is 5.58. The van der Waals surface area contributed by atoms with E-state index in [1.165, 1.54) is 18.3 Å². The zero-order valence-electron chi connectivity index (χ0n) is 11.5. The Balaban J connectivity index is 1.92. The van der Waals surface area contributed by atoms with Crippen molar-refractivity contribution in [3.63, 3.8) is 0 Å². The SMILES string of the molecule is CNc1ccnc(C(=O)NCCc2cc(F)cc(F)c2)c1. The first-order valence-electron chi connectivity index (χ1n) is 6.45. The summed E-state index contributed by atoms with van der Waals surface area (Å²) in [4.78, 5) is 15.9. The number of carbonyl (C=O) groups excluding carboxylic acids is 1. The maximum Gasteiger partial charge on any atom is 0.269 e. The maximum atomic E-state index is 13.0. The molecule has 4 nitrogen and oxygen atoms in total. The van der Waals surface area contributed by atoms with Crippen molar-refractivity contribution in [3.05, 3.63) is 59.4 Å². The average Bonchev–Trinajstić information content (AvgIpc) is 2.46. The van der Waals surface area contributed by atoms with Gasteiger partial charge >= 0.3 is 0 Å². The van der Waals surface area contributed by atoms with Crippen LogP contribution in [0.5, 0.6) is 0 Å². The summed E-state index contributed by atoms with van der Waals surface area (Å²) >= 11 is 0. The minimum Gasteiger partial charge on any atom is -0.388 e. The molecule has 1 heterocycles. The lowest BCUT2D eigenvalue weighted by Gasteiger charge is -2.06. The number of halogens is 2. The van der Waals surface area contributed by atoms with Crippen LogP contribution < -0.4 is 10.6 Å². The lowest BCUT2D eigenvalue weighted by Crippen LogP contribution is -2.26. The van der Waals surface area contributed by atoms with Crippen LogP contribution >= 0.6 is 0 Å². The first kappa shape index (κ1) is 14.9. The molecule has 0 aliphatic carbocycles. The van der Waals surface area contributed by atoms with Gasteiger partial charge < -0.3 is 10.6 Å². The second kappa shape index (κ2) is 6.78. The molecular formula is C15H15F2N3O. The summed E-state index contributed by atoms with van der Waals surface area (Å²) in [5.41, 5.74) is 1.55. The van der Waals surface area contributed by atoms with Gasteiger partial charge in [-0.05, 0) is 36.2 Å². The van der Waals surface area contributed by atoms with E-state index in [2.05, 4.69) is 15.6 Å². The van der Waals surface area contributed by atoms with Crippen molar-refractivity contribution in [2.75, 3.05) is 18.9 Å². The molecule has 0 unspecified atom stereocenters. The van der Waals surface area contributed by atoms with Crippen molar-refractivity contribution in [3.8, 4) is 0 Å². The van der Waals surface area contributed by atoms with Gasteiger partial charge in [0.15, 0.2) is 0 Å². The van der Waals surface area contributed by atoms with Crippen LogP contribution in [0.4, 0.5) is 14.5 Å². The van der Waals surface area contributed by atoms with Gasteiger partial charge in [-0.25, -0.2) is 8.78 Å². The van der Waals surface area contributed by atoms with Gasteiger partial charge in [-0.1, -0.05) is 0 Å². The Morgan fingerprint density at radius 1 is 1.19 bits per heavy atom. The topological polar surface area (TPSA) is 54.0 Å². The monoisotopic (exact) mass is 291 g/mol. The van der Waals surface area contributed by atoms with Gasteiger partial charge in [0.05, 0.1) is 0 Å². The highest BCUT2D eigenvalue weighted by molar-refractivity contribution is 5.93. The third-order valence-corrected chi connectivity index (χ3v) is 2.90. The molecule has 0 aliphatic rings. The minimum absolute atomic E-state index is 0.271. The van der Waals surface area contributed by atoms with Gasteiger partial charge in [0, 0.05) is 31.5 Å². The van der Waals surface area contributed by atoms with Crippen LogP contribution in [0, 0.1) is 11.6 Å². The van der Waals surface area contributed by atoms with Crippen LogP contribution in [0.25, 0.3) is 0 Å². The molecular weight excluding hydrogens is 276 g/mol. The normalized spacial score (nSPS) is 10.2. The van der Waals surface area contributed by atoms with Crippen molar-refractivity contribution in [1.82, 2.24) is 10.3 Å². The summed E-state index contributed by atoms with van der Waals surface area (Å²) in [6.07, 6.45) is 1.87. The molecule has 21 heavy (non-hydrogen) atoms. The molecule has 0 fully saturated rings. The predicted molar refractivity (Wildman–Crippen MR) is 76.2 cm³/mol. The number of rotatable bonds is 5. The summed E-state index contributed by atoms with van der Waals surface area (Å²) in [7, 11) is 1.75. The Bertz CT molecular complexity index is 626. The zero-order chi connectivity index (χ0) is 15.2. The third kappa shape index (κ3) is 4.24. The average molecular weight is 291 g/mol. The minimum atomic E-state index is -0.625. The molecule has 0 bridgehead atoms. The number of nitrogens with one attached hydrogen (secondary N) is 2. The van der Waals surface area contributed by atoms with E-state index in [-0.39, 0.29) is 18.1 Å². The molecule has 2 N–H and O–H groups in total. The fourth-order valence-corrected chi connectivity index (χ4v) is 1.88. The molecule has 6 heteroatoms. The third-order valence-electron chi connectivity index (χ3n) is 2.90. The summed E-state index contributed by atoms with van der Waals surface area (Å²) in [6.45, 7) is 0.271. The number of carbonyl (C=O) groups is 1. The number of benzene rings is 1. The summed E-state index contributed by atoms with van der Waals surface area (Å²) < 4.78 is 26.0. The Morgan fingerprint density at radius 2 is 1.90 bits per heavy atom. The molecule has 0 atom stereocenters. The summed E-state index contributed by atoms with van der Waals surface area (Å²) in [6, 6.07) is 6.67. The highest BCUT2D eigenvalue weighted by Gasteiger charge is 2.07. The molecule has 0 spiro atoms. The van der Waals surface area contributed by atoms with Gasteiger partial charge in [-0.3, -0.25) is 9.78 Å². The molecule has 110 valence electrons. The van der Waals surface area contributed by atoms with E-state index in [4.69, 9.17) is 0 Å². The number of pyridine rings is 1. The fraction of sp³-hybridized carbons (Fsp3) is 0.200. The number of aromatic nitrogens is 1. The maximum absolute atomic E-state index is 13.0. The number of hydrogen-bond donors (Lipinski definition) is 2. The Hall–Kier alpha value is -2.50. The molecule has 1 aromatic carbocycles. The van der Waals surface area contributed by atoms with Gasteiger partial charge in [0.1, 0.15) is 17.3 Å². The largest absolute Gasteiger partial charge is 0.388 e. The number of hydrogen-bond acceptors (Lipinski definition) is 3. The van der Waals surface area contributed by atoms with E-state index in [1.54, 1.807) is 19.2 Å². The molecule has 0 aliphatic heterocycles. The molecule has 2 aromatic rings. The molecule has 0 radical (unpaired) electrons. The number of anilines is 1. The van der Waals surface area contributed by atoms with Crippen LogP contribution in [-0.4, -0.2) is 24.5 Å². The number of nitrogens with zero attached hydrogens (tertiary/aromatic N) is 1. The van der Waals surface area contributed by atoms with E-state index >= 15 is 0 Å². The van der Waals surface area contributed by atoms with Crippen LogP contribution in [0.15, 0.2) is 36.5 Å². The van der Waals surface area contributed by atoms with Crippen LogP contribution in [0.2, 0.25) is 0 Å². The van der Waals surface area contributed by atoms with Crippen molar-refractivity contribution < 1.29 is 13.6 Å². The Morgan fingerprint density at radius 3 is 2.57 bits per heavy atom. The standard InChI is InChI=1S/C15H15F2N3O/c1-18-13-3-5-19-14(9-13)15(21)20-4-2-10-6-11(16)8-12(17)7-10/h3,5-9H,2,4H2,1H3,(H,18,19)(H,20,21). The second-order valence-corrected chi connectivity index (χ2v) is 4.46. The van der Waals surface area contributed by atoms with Crippen LogP contribution in [0.1, 0.15) is 16.1 Å². The number of amides is 1. The smallest absolute Gasteiger partial charge is 0.269 e. The van der Waals surface area contributed by atoms with E-state index in [1.807, 2.05) is 0 Å². The molecule has 1 amide bonds. The Kier molecular flexibility index (Phi) is 4.81. The van der Waals surface area contributed by atoms with Gasteiger partial charge in [0.25, 0.3) is 5.91 Å². The highest BCUT2D eigenvalue weighted by Crippen LogP contribution is 2.09. The highest BCUT2D eigenvalue weighted by atomic mass is 19.1. The van der Waals surface area contributed by atoms with E-state index < -0.39 is 11.6 Å². The molecule has 0 saturated heterocycles. The zero-order valence-corrected chi connectivity index (χ0v) is 11.5. The van der Waals surface area contributed by atoms with Crippen LogP contribution in [0.3, 0.4) is 0 Å². The predicted octanol–water partition coefficient (Wildman–Crippen LogP) is 2.37. The van der Waals surface area contributed by atoms with Gasteiger partial charge in [-0.2, -0.15) is 0 Å². The first-order chi connectivity index (χ1) is 10.1. The quantitative estimate of drug-likeness (QED) is 0.889. The van der Waals surface area contributed by atoms with Crippen LogP contribution in [-0.2, 0) is 6.42 Å². The first-order valence-corrected chi connectivity index (χ1v) is 6.45. The van der Waals surface area contributed by atoms with Crippen molar-refractivity contribution in [1.29, 1.82) is 0 Å². The van der Waals surface area contributed by atoms with Crippen molar-refractivity contribution in [2.45, 2.75) is 6.42 Å². The van der Waals surface area contributed by atoms with Crippen molar-refractivity contribution in [2.24, 2.45) is 0 Å². The van der Waals surface area contributed by atoms with E-state index in [0.29, 0.717) is 12.0 Å². The molecule has 1 aromatic heterocycles. The lowest BCUT2D eigenvalue weighted by atomic mass is 10.1. The van der Waals surface area contributed by atoms with E-state index in [9.17, 15) is 13.6 Å². The molecule has 2 rings (SSSR count).